The molecule has 1 aliphatic heterocycles. The summed E-state index contributed by atoms with van der Waals surface area (Å²) in [6, 6.07) is -0.610. The van der Waals surface area contributed by atoms with E-state index in [1.165, 1.54) is 0 Å². The molecule has 0 bridgehead atoms. The van der Waals surface area contributed by atoms with Gasteiger partial charge < -0.3 is 9.84 Å². The zero-order chi connectivity index (χ0) is 14.6. The maximum atomic E-state index is 11.8. The predicted octanol–water partition coefficient (Wildman–Crippen LogP) is 0.353. The van der Waals surface area contributed by atoms with Crippen molar-refractivity contribution in [3.8, 4) is 0 Å². The Kier molecular flexibility index (Phi) is 5.16. The lowest BCUT2D eigenvalue weighted by molar-refractivity contribution is -0.138. The van der Waals surface area contributed by atoms with Crippen LogP contribution in [0.4, 0.5) is 4.79 Å². The molecule has 1 rings (SSSR count). The van der Waals surface area contributed by atoms with Gasteiger partial charge in [0.05, 0.1) is 24.2 Å². The Bertz CT molecular complexity index is 444. The number of aliphatic carboxylic acids is 1. The maximum Gasteiger partial charge on any atom is 0.410 e. The van der Waals surface area contributed by atoms with Crippen LogP contribution in [0.1, 0.15) is 20.3 Å². The summed E-state index contributed by atoms with van der Waals surface area (Å²) in [7, 11) is -3.18. The van der Waals surface area contributed by atoms with E-state index in [-0.39, 0.29) is 30.5 Å². The van der Waals surface area contributed by atoms with E-state index in [4.69, 9.17) is 9.84 Å². The molecule has 19 heavy (non-hydrogen) atoms. The van der Waals surface area contributed by atoms with Gasteiger partial charge in [0.2, 0.25) is 0 Å². The summed E-state index contributed by atoms with van der Waals surface area (Å²) in [6.45, 7) is 3.34. The highest BCUT2D eigenvalue weighted by Crippen LogP contribution is 2.18. The first kappa shape index (κ1) is 15.7. The number of hydrogen-bond acceptors (Lipinski definition) is 5. The first-order valence-corrected chi connectivity index (χ1v) is 7.89. The lowest BCUT2D eigenvalue weighted by Crippen LogP contribution is -2.44. The number of rotatable bonds is 5. The molecule has 1 heterocycles. The normalized spacial score (nSPS) is 21.3. The molecule has 0 aromatic carbocycles. The molecule has 0 aliphatic carbocycles. The van der Waals surface area contributed by atoms with Gasteiger partial charge in [-0.2, -0.15) is 0 Å². The second-order valence-electron chi connectivity index (χ2n) is 5.05. The van der Waals surface area contributed by atoms with Crippen molar-refractivity contribution in [2.24, 2.45) is 5.92 Å². The first-order valence-electron chi connectivity index (χ1n) is 6.07. The van der Waals surface area contributed by atoms with Gasteiger partial charge in [0.25, 0.3) is 0 Å². The Balaban J connectivity index is 2.72. The molecule has 1 unspecified atom stereocenters. The number of ether oxygens (including phenoxy) is 1. The van der Waals surface area contributed by atoms with Crippen molar-refractivity contribution in [3.05, 3.63) is 0 Å². The molecule has 0 aromatic heterocycles. The Hall–Kier alpha value is -1.31. The topological polar surface area (TPSA) is 101 Å². The van der Waals surface area contributed by atoms with E-state index in [0.29, 0.717) is 0 Å². The van der Waals surface area contributed by atoms with Gasteiger partial charge in [0, 0.05) is 0 Å². The highest BCUT2D eigenvalue weighted by atomic mass is 32.2. The monoisotopic (exact) mass is 293 g/mol. The van der Waals surface area contributed by atoms with Crippen LogP contribution in [0.3, 0.4) is 0 Å². The van der Waals surface area contributed by atoms with Crippen LogP contribution in [0.15, 0.2) is 0 Å². The minimum absolute atomic E-state index is 0.0226. The van der Waals surface area contributed by atoms with Crippen LogP contribution >= 0.6 is 0 Å². The molecule has 1 fully saturated rings. The number of nitrogens with zero attached hydrogens (tertiary/aromatic N) is 1. The van der Waals surface area contributed by atoms with Crippen molar-refractivity contribution in [3.63, 3.8) is 0 Å². The second kappa shape index (κ2) is 6.23. The lowest BCUT2D eigenvalue weighted by Gasteiger charge is -2.26. The average molecular weight is 293 g/mol. The van der Waals surface area contributed by atoms with Crippen molar-refractivity contribution in [2.45, 2.75) is 26.3 Å². The Labute approximate surface area is 112 Å². The van der Waals surface area contributed by atoms with E-state index in [0.717, 1.165) is 4.90 Å². The fourth-order valence-corrected chi connectivity index (χ4v) is 3.56. The van der Waals surface area contributed by atoms with Gasteiger partial charge >= 0.3 is 12.1 Å². The molecule has 0 spiro atoms. The van der Waals surface area contributed by atoms with E-state index in [2.05, 4.69) is 0 Å². The summed E-state index contributed by atoms with van der Waals surface area (Å²) >= 11 is 0. The van der Waals surface area contributed by atoms with Gasteiger partial charge in [0.15, 0.2) is 9.84 Å². The summed E-state index contributed by atoms with van der Waals surface area (Å²) in [4.78, 5) is 23.6. The minimum Gasteiger partial charge on any atom is -0.480 e. The third kappa shape index (κ3) is 5.06. The third-order valence-corrected chi connectivity index (χ3v) is 4.48. The van der Waals surface area contributed by atoms with Crippen LogP contribution in [0.2, 0.25) is 0 Å². The van der Waals surface area contributed by atoms with E-state index in [9.17, 15) is 18.0 Å². The molecular weight excluding hydrogens is 274 g/mol. The third-order valence-electron chi connectivity index (χ3n) is 2.73. The fraction of sp³-hybridized carbons (Fsp3) is 0.818. The summed E-state index contributed by atoms with van der Waals surface area (Å²) in [6.07, 6.45) is -0.509. The highest BCUT2D eigenvalue weighted by Gasteiger charge is 2.36. The number of sulfone groups is 1. The zero-order valence-corrected chi connectivity index (χ0v) is 11.9. The number of carbonyl (C=O) groups excluding carboxylic acids is 1. The van der Waals surface area contributed by atoms with Gasteiger partial charge in [-0.25, -0.2) is 13.2 Å². The standard InChI is InChI=1S/C11H19NO6S/c1-8(2)6-18-11(15)12(5-10(13)14)9-3-4-19(16,17)7-9/h8-9H,3-7H2,1-2H3,(H,13,14). The van der Waals surface area contributed by atoms with Crippen LogP contribution in [0, 0.1) is 5.92 Å². The van der Waals surface area contributed by atoms with Gasteiger partial charge in [-0.05, 0) is 12.3 Å². The molecule has 8 heteroatoms. The summed E-state index contributed by atoms with van der Waals surface area (Å²) in [5.74, 6) is -1.28. The average Bonchev–Trinajstić information content (AvgIpc) is 2.62. The van der Waals surface area contributed by atoms with Gasteiger partial charge in [-0.15, -0.1) is 0 Å². The first-order chi connectivity index (χ1) is 8.71. The van der Waals surface area contributed by atoms with Crippen molar-refractivity contribution in [2.75, 3.05) is 24.7 Å². The maximum absolute atomic E-state index is 11.8. The quantitative estimate of drug-likeness (QED) is 0.785. The Morgan fingerprint density at radius 2 is 2.05 bits per heavy atom. The van der Waals surface area contributed by atoms with Crippen LogP contribution in [0.5, 0.6) is 0 Å². The van der Waals surface area contributed by atoms with E-state index in [1.54, 1.807) is 0 Å². The van der Waals surface area contributed by atoms with Crippen molar-refractivity contribution in [1.29, 1.82) is 0 Å². The second-order valence-corrected chi connectivity index (χ2v) is 7.28. The predicted molar refractivity (Wildman–Crippen MR) is 67.6 cm³/mol. The van der Waals surface area contributed by atoms with Gasteiger partial charge in [-0.1, -0.05) is 13.8 Å². The summed E-state index contributed by atoms with van der Waals surface area (Å²) < 4.78 is 27.8. The van der Waals surface area contributed by atoms with Gasteiger partial charge in [-0.3, -0.25) is 9.69 Å². The smallest absolute Gasteiger partial charge is 0.410 e. The Morgan fingerprint density at radius 3 is 2.47 bits per heavy atom. The largest absolute Gasteiger partial charge is 0.480 e. The van der Waals surface area contributed by atoms with Crippen LogP contribution in [-0.2, 0) is 19.4 Å². The molecule has 110 valence electrons. The number of amides is 1. The zero-order valence-electron chi connectivity index (χ0n) is 11.0. The summed E-state index contributed by atoms with van der Waals surface area (Å²) in [5.41, 5.74) is 0. The molecule has 1 N–H and O–H groups in total. The Morgan fingerprint density at radius 1 is 1.42 bits per heavy atom. The lowest BCUT2D eigenvalue weighted by atomic mass is 10.2. The molecule has 0 radical (unpaired) electrons. The molecule has 1 amide bonds. The molecule has 1 atom stereocenters. The minimum atomic E-state index is -3.18. The summed E-state index contributed by atoms with van der Waals surface area (Å²) in [5, 5.41) is 8.80. The molecule has 1 aliphatic rings. The van der Waals surface area contributed by atoms with Crippen molar-refractivity contribution >= 4 is 21.9 Å². The van der Waals surface area contributed by atoms with Crippen molar-refractivity contribution < 1.29 is 27.9 Å². The highest BCUT2D eigenvalue weighted by molar-refractivity contribution is 7.91. The van der Waals surface area contributed by atoms with Crippen molar-refractivity contribution in [1.82, 2.24) is 4.90 Å². The molecule has 1 saturated heterocycles. The number of hydrogen-bond donors (Lipinski definition) is 1. The molecule has 0 aromatic rings. The number of carboxylic acids is 1. The number of carbonyl (C=O) groups is 2. The fourth-order valence-electron chi connectivity index (χ4n) is 1.83. The van der Waals surface area contributed by atoms with Gasteiger partial charge in [0.1, 0.15) is 6.54 Å². The van der Waals surface area contributed by atoms with E-state index >= 15 is 0 Å². The number of carboxylic acid groups (broad SMARTS) is 1. The molecular formula is C11H19NO6S. The SMILES string of the molecule is CC(C)COC(=O)N(CC(=O)O)C1CCS(=O)(=O)C1. The molecule has 0 saturated carbocycles. The van der Waals surface area contributed by atoms with Crippen LogP contribution < -0.4 is 0 Å². The van der Waals surface area contributed by atoms with E-state index in [1.807, 2.05) is 13.8 Å². The van der Waals surface area contributed by atoms with E-state index < -0.39 is 34.5 Å². The van der Waals surface area contributed by atoms with Crippen LogP contribution in [0.25, 0.3) is 0 Å². The molecule has 7 nitrogen and oxygen atoms in total. The van der Waals surface area contributed by atoms with Crippen LogP contribution in [-0.4, -0.2) is 61.2 Å².